The number of ether oxygens (including phenoxy) is 1. The van der Waals surface area contributed by atoms with E-state index in [0.29, 0.717) is 19.3 Å². The Hall–Kier alpha value is -2.17. The Labute approximate surface area is 104 Å². The van der Waals surface area contributed by atoms with Crippen molar-refractivity contribution in [2.24, 2.45) is 0 Å². The Balaban J connectivity index is 2.01. The van der Waals surface area contributed by atoms with Gasteiger partial charge in [0.05, 0.1) is 6.20 Å². The summed E-state index contributed by atoms with van der Waals surface area (Å²) in [5.74, 6) is -0.276. The number of carbonyl (C=O) groups is 1. The first-order chi connectivity index (χ1) is 8.78. The lowest BCUT2D eigenvalue weighted by Crippen LogP contribution is -2.18. The Morgan fingerprint density at radius 3 is 2.61 bits per heavy atom. The molecule has 0 amide bonds. The molecule has 1 atom stereocenters. The average Bonchev–Trinajstić information content (AvgIpc) is 2.85. The smallest absolute Gasteiger partial charge is 0.293 e. The van der Waals surface area contributed by atoms with Crippen LogP contribution < -0.4 is 0 Å². The predicted molar refractivity (Wildman–Crippen MR) is 63.3 cm³/mol. The first-order valence-electron chi connectivity index (χ1n) is 5.59. The highest BCUT2D eigenvalue weighted by Gasteiger charge is 2.12. The van der Waals surface area contributed by atoms with Gasteiger partial charge in [-0.25, -0.2) is 4.39 Å². The highest BCUT2D eigenvalue weighted by atomic mass is 19.1. The number of aromatic amines is 1. The van der Waals surface area contributed by atoms with Gasteiger partial charge in [0.1, 0.15) is 11.9 Å². The number of benzene rings is 1. The van der Waals surface area contributed by atoms with E-state index in [0.717, 1.165) is 11.1 Å². The van der Waals surface area contributed by atoms with Crippen LogP contribution in [0.3, 0.4) is 0 Å². The van der Waals surface area contributed by atoms with E-state index in [-0.39, 0.29) is 11.9 Å². The number of hydrogen-bond acceptors (Lipinski definition) is 3. The third kappa shape index (κ3) is 3.41. The van der Waals surface area contributed by atoms with Crippen molar-refractivity contribution in [1.82, 2.24) is 10.2 Å². The van der Waals surface area contributed by atoms with Crippen molar-refractivity contribution in [1.29, 1.82) is 0 Å². The molecule has 1 heterocycles. The molecule has 4 nitrogen and oxygen atoms in total. The molecule has 2 aromatic rings. The second-order valence-corrected chi connectivity index (χ2v) is 4.00. The maximum absolute atomic E-state index is 12.8. The zero-order chi connectivity index (χ0) is 12.8. The molecule has 18 heavy (non-hydrogen) atoms. The second-order valence-electron chi connectivity index (χ2n) is 4.00. The molecule has 0 spiro atoms. The summed E-state index contributed by atoms with van der Waals surface area (Å²) in [7, 11) is 0. The fourth-order valence-electron chi connectivity index (χ4n) is 1.78. The Kier molecular flexibility index (Phi) is 4.06. The number of nitrogens with zero attached hydrogens (tertiary/aromatic N) is 1. The third-order valence-corrected chi connectivity index (χ3v) is 2.64. The van der Waals surface area contributed by atoms with Gasteiger partial charge in [-0.2, -0.15) is 5.10 Å². The monoisotopic (exact) mass is 248 g/mol. The molecule has 0 saturated heterocycles. The topological polar surface area (TPSA) is 55.0 Å². The minimum Gasteiger partial charge on any atom is -0.464 e. The summed E-state index contributed by atoms with van der Waals surface area (Å²) in [5, 5.41) is 6.54. The maximum atomic E-state index is 12.8. The summed E-state index contributed by atoms with van der Waals surface area (Å²) in [6, 6.07) is 6.16. The number of halogens is 1. The molecule has 1 aromatic heterocycles. The molecule has 1 aromatic carbocycles. The second kappa shape index (κ2) is 5.95. The van der Waals surface area contributed by atoms with Gasteiger partial charge in [-0.15, -0.1) is 0 Å². The summed E-state index contributed by atoms with van der Waals surface area (Å²) in [4.78, 5) is 10.5. The first kappa shape index (κ1) is 12.3. The quantitative estimate of drug-likeness (QED) is 0.794. The molecule has 0 aliphatic rings. The van der Waals surface area contributed by atoms with Gasteiger partial charge in [0.15, 0.2) is 0 Å². The number of carbonyl (C=O) groups excluding carboxylic acids is 1. The van der Waals surface area contributed by atoms with Crippen molar-refractivity contribution in [3.8, 4) is 0 Å². The highest BCUT2D eigenvalue weighted by Crippen LogP contribution is 2.11. The van der Waals surface area contributed by atoms with Gasteiger partial charge < -0.3 is 4.74 Å². The van der Waals surface area contributed by atoms with Crippen LogP contribution >= 0.6 is 0 Å². The van der Waals surface area contributed by atoms with Crippen LogP contribution in [0.1, 0.15) is 11.1 Å². The largest absolute Gasteiger partial charge is 0.464 e. The lowest BCUT2D eigenvalue weighted by atomic mass is 10.0. The third-order valence-electron chi connectivity index (χ3n) is 2.64. The van der Waals surface area contributed by atoms with Gasteiger partial charge in [-0.3, -0.25) is 9.89 Å². The van der Waals surface area contributed by atoms with Gasteiger partial charge in [-0.05, 0) is 23.3 Å². The Bertz CT molecular complexity index is 482. The van der Waals surface area contributed by atoms with Crippen LogP contribution in [0.5, 0.6) is 0 Å². The van der Waals surface area contributed by atoms with Gasteiger partial charge in [0, 0.05) is 19.0 Å². The molecule has 0 aliphatic carbocycles. The lowest BCUT2D eigenvalue weighted by molar-refractivity contribution is -0.133. The Morgan fingerprint density at radius 2 is 2.00 bits per heavy atom. The SMILES string of the molecule is O=COC(Cc1ccc(F)cc1)Cc1cn[nH]c1. The van der Waals surface area contributed by atoms with Crippen molar-refractivity contribution < 1.29 is 13.9 Å². The fraction of sp³-hybridized carbons (Fsp3) is 0.231. The molecule has 0 bridgehead atoms. The van der Waals surface area contributed by atoms with Crippen LogP contribution in [0.25, 0.3) is 0 Å². The molecule has 5 heteroatoms. The minimum atomic E-state index is -0.276. The molecule has 2 rings (SSSR count). The van der Waals surface area contributed by atoms with Crippen LogP contribution in [0.2, 0.25) is 0 Å². The van der Waals surface area contributed by atoms with Crippen LogP contribution in [-0.4, -0.2) is 22.8 Å². The minimum absolute atomic E-state index is 0.273. The van der Waals surface area contributed by atoms with Crippen LogP contribution in [-0.2, 0) is 22.4 Å². The number of H-pyrrole nitrogens is 1. The van der Waals surface area contributed by atoms with Crippen molar-refractivity contribution >= 4 is 6.47 Å². The summed E-state index contributed by atoms with van der Waals surface area (Å²) < 4.78 is 17.8. The summed E-state index contributed by atoms with van der Waals surface area (Å²) >= 11 is 0. The van der Waals surface area contributed by atoms with Crippen LogP contribution in [0.15, 0.2) is 36.7 Å². The van der Waals surface area contributed by atoms with Crippen LogP contribution in [0.4, 0.5) is 4.39 Å². The van der Waals surface area contributed by atoms with E-state index in [1.165, 1.54) is 12.1 Å². The van der Waals surface area contributed by atoms with E-state index in [9.17, 15) is 9.18 Å². The zero-order valence-electron chi connectivity index (χ0n) is 9.67. The standard InChI is InChI=1S/C13H13FN2O2/c14-12-3-1-10(2-4-12)5-13(18-9-17)6-11-7-15-16-8-11/h1-4,7-9,13H,5-6H2,(H,15,16). The number of rotatable bonds is 6. The number of hydrogen-bond donors (Lipinski definition) is 1. The van der Waals surface area contributed by atoms with Gasteiger partial charge in [0.2, 0.25) is 0 Å². The fourth-order valence-corrected chi connectivity index (χ4v) is 1.78. The van der Waals surface area contributed by atoms with Crippen LogP contribution in [0, 0.1) is 5.82 Å². The van der Waals surface area contributed by atoms with Crippen molar-refractivity contribution in [2.45, 2.75) is 18.9 Å². The molecular weight excluding hydrogens is 235 g/mol. The maximum Gasteiger partial charge on any atom is 0.293 e. The van der Waals surface area contributed by atoms with Crippen molar-refractivity contribution in [3.05, 3.63) is 53.6 Å². The highest BCUT2D eigenvalue weighted by molar-refractivity contribution is 5.38. The van der Waals surface area contributed by atoms with E-state index in [1.807, 2.05) is 0 Å². The molecule has 94 valence electrons. The van der Waals surface area contributed by atoms with E-state index in [4.69, 9.17) is 4.74 Å². The molecule has 0 radical (unpaired) electrons. The predicted octanol–water partition coefficient (Wildman–Crippen LogP) is 1.88. The number of nitrogens with one attached hydrogen (secondary N) is 1. The van der Waals surface area contributed by atoms with Gasteiger partial charge >= 0.3 is 0 Å². The molecule has 1 N–H and O–H groups in total. The molecular formula is C13H13FN2O2. The lowest BCUT2D eigenvalue weighted by Gasteiger charge is -2.14. The van der Waals surface area contributed by atoms with Gasteiger partial charge in [-0.1, -0.05) is 12.1 Å². The Morgan fingerprint density at radius 1 is 1.28 bits per heavy atom. The van der Waals surface area contributed by atoms with E-state index in [2.05, 4.69) is 10.2 Å². The van der Waals surface area contributed by atoms with Gasteiger partial charge in [0.25, 0.3) is 6.47 Å². The molecule has 1 unspecified atom stereocenters. The average molecular weight is 248 g/mol. The first-order valence-corrected chi connectivity index (χ1v) is 5.59. The molecule has 0 fully saturated rings. The van der Waals surface area contributed by atoms with E-state index in [1.54, 1.807) is 24.5 Å². The van der Waals surface area contributed by atoms with E-state index < -0.39 is 0 Å². The van der Waals surface area contributed by atoms with Crippen molar-refractivity contribution in [3.63, 3.8) is 0 Å². The zero-order valence-corrected chi connectivity index (χ0v) is 9.67. The summed E-state index contributed by atoms with van der Waals surface area (Å²) in [6.45, 7) is 0.439. The summed E-state index contributed by atoms with van der Waals surface area (Å²) in [5.41, 5.74) is 1.88. The van der Waals surface area contributed by atoms with E-state index >= 15 is 0 Å². The molecule has 0 saturated carbocycles. The summed E-state index contributed by atoms with van der Waals surface area (Å²) in [6.07, 6.45) is 4.29. The molecule has 0 aliphatic heterocycles. The number of aromatic nitrogens is 2. The van der Waals surface area contributed by atoms with Crippen molar-refractivity contribution in [2.75, 3.05) is 0 Å². The normalized spacial score (nSPS) is 12.1.